The molecule has 1 fully saturated rings. The van der Waals surface area contributed by atoms with E-state index in [1.54, 1.807) is 0 Å². The minimum absolute atomic E-state index is 0.0881. The van der Waals surface area contributed by atoms with Crippen LogP contribution in [0.15, 0.2) is 0 Å². The second-order valence-corrected chi connectivity index (χ2v) is 4.45. The first-order valence-corrected chi connectivity index (χ1v) is 5.33. The van der Waals surface area contributed by atoms with Crippen LogP contribution in [0.2, 0.25) is 4.47 Å². The number of nitrogens with zero attached hydrogens (tertiary/aromatic N) is 2. The van der Waals surface area contributed by atoms with Gasteiger partial charge in [0, 0.05) is 6.61 Å². The molecular weight excluding hydrogens is 226 g/mol. The Hall–Kier alpha value is -0.720. The van der Waals surface area contributed by atoms with Gasteiger partial charge >= 0.3 is 0 Å². The number of nitrogens with one attached hydrogen (secondary N) is 1. The molecule has 1 N–H and O–H groups in total. The van der Waals surface area contributed by atoms with Gasteiger partial charge in [-0.25, -0.2) is 0 Å². The molecule has 1 aromatic rings. The molecule has 0 radical (unpaired) electrons. The lowest BCUT2D eigenvalue weighted by Gasteiger charge is -2.07. The summed E-state index contributed by atoms with van der Waals surface area (Å²) in [6.07, 6.45) is 0.846. The SMILES string of the molecule is O=C(NC1CCOC1)c1nnc(Cl)s1. The van der Waals surface area contributed by atoms with Gasteiger partial charge in [-0.2, -0.15) is 0 Å². The van der Waals surface area contributed by atoms with Crippen LogP contribution in [-0.2, 0) is 4.74 Å². The van der Waals surface area contributed by atoms with E-state index in [-0.39, 0.29) is 16.4 Å². The number of carbonyl (C=O) groups excluding carboxylic acids is 1. The van der Waals surface area contributed by atoms with Crippen LogP contribution in [0.4, 0.5) is 0 Å². The number of rotatable bonds is 2. The average molecular weight is 234 g/mol. The molecule has 7 heteroatoms. The molecule has 2 rings (SSSR count). The van der Waals surface area contributed by atoms with E-state index in [2.05, 4.69) is 15.5 Å². The molecular formula is C7H8ClN3O2S. The number of ether oxygens (including phenoxy) is 1. The van der Waals surface area contributed by atoms with Crippen molar-refractivity contribution >= 4 is 28.8 Å². The lowest BCUT2D eigenvalue weighted by molar-refractivity contribution is 0.0929. The van der Waals surface area contributed by atoms with E-state index in [9.17, 15) is 4.79 Å². The lowest BCUT2D eigenvalue weighted by Crippen LogP contribution is -2.34. The molecule has 0 aliphatic carbocycles. The summed E-state index contributed by atoms with van der Waals surface area (Å²) in [4.78, 5) is 11.5. The Kier molecular flexibility index (Phi) is 2.95. The zero-order chi connectivity index (χ0) is 9.97. The Balaban J connectivity index is 1.95. The fraction of sp³-hybridized carbons (Fsp3) is 0.571. The van der Waals surface area contributed by atoms with Crippen LogP contribution in [0.25, 0.3) is 0 Å². The number of amides is 1. The molecule has 0 saturated carbocycles. The summed E-state index contributed by atoms with van der Waals surface area (Å²) >= 11 is 6.63. The second kappa shape index (κ2) is 4.20. The van der Waals surface area contributed by atoms with Crippen LogP contribution in [0, 0.1) is 0 Å². The highest BCUT2D eigenvalue weighted by Crippen LogP contribution is 2.15. The minimum Gasteiger partial charge on any atom is -0.379 e. The van der Waals surface area contributed by atoms with E-state index in [0.717, 1.165) is 17.8 Å². The van der Waals surface area contributed by atoms with Crippen LogP contribution < -0.4 is 5.32 Å². The molecule has 2 heterocycles. The van der Waals surface area contributed by atoms with Gasteiger partial charge in [0.05, 0.1) is 12.6 Å². The third kappa shape index (κ3) is 2.20. The molecule has 5 nitrogen and oxygen atoms in total. The van der Waals surface area contributed by atoms with Crippen LogP contribution >= 0.6 is 22.9 Å². The average Bonchev–Trinajstić information content (AvgIpc) is 2.75. The van der Waals surface area contributed by atoms with Crippen molar-refractivity contribution in [3.05, 3.63) is 9.47 Å². The van der Waals surface area contributed by atoms with Gasteiger partial charge in [-0.3, -0.25) is 4.79 Å². The highest BCUT2D eigenvalue weighted by molar-refractivity contribution is 7.17. The van der Waals surface area contributed by atoms with E-state index < -0.39 is 0 Å². The highest BCUT2D eigenvalue weighted by Gasteiger charge is 2.20. The smallest absolute Gasteiger partial charge is 0.282 e. The number of halogens is 1. The monoisotopic (exact) mass is 233 g/mol. The Morgan fingerprint density at radius 3 is 3.07 bits per heavy atom. The molecule has 76 valence electrons. The number of hydrogen-bond donors (Lipinski definition) is 1. The van der Waals surface area contributed by atoms with Crippen molar-refractivity contribution in [3.63, 3.8) is 0 Å². The van der Waals surface area contributed by atoms with Crippen LogP contribution in [-0.4, -0.2) is 35.4 Å². The molecule has 1 aliphatic heterocycles. The molecule has 1 atom stereocenters. The zero-order valence-electron chi connectivity index (χ0n) is 7.20. The van der Waals surface area contributed by atoms with E-state index in [0.29, 0.717) is 18.2 Å². The Morgan fingerprint density at radius 2 is 2.50 bits per heavy atom. The van der Waals surface area contributed by atoms with Crippen LogP contribution in [0.5, 0.6) is 0 Å². The Morgan fingerprint density at radius 1 is 1.64 bits per heavy atom. The minimum atomic E-state index is -0.232. The maximum Gasteiger partial charge on any atom is 0.282 e. The highest BCUT2D eigenvalue weighted by atomic mass is 35.5. The summed E-state index contributed by atoms with van der Waals surface area (Å²) in [5, 5.41) is 10.3. The maximum atomic E-state index is 11.5. The van der Waals surface area contributed by atoms with Crippen molar-refractivity contribution in [2.24, 2.45) is 0 Å². The molecule has 0 aromatic carbocycles. The van der Waals surface area contributed by atoms with E-state index >= 15 is 0 Å². The normalized spacial score (nSPS) is 21.1. The van der Waals surface area contributed by atoms with Gasteiger partial charge in [0.1, 0.15) is 0 Å². The van der Waals surface area contributed by atoms with Crippen molar-refractivity contribution in [2.75, 3.05) is 13.2 Å². The van der Waals surface area contributed by atoms with Gasteiger partial charge < -0.3 is 10.1 Å². The summed E-state index contributed by atoms with van der Waals surface area (Å²) in [5.41, 5.74) is 0. The van der Waals surface area contributed by atoms with Crippen molar-refractivity contribution in [2.45, 2.75) is 12.5 Å². The Labute approximate surface area is 89.4 Å². The fourth-order valence-electron chi connectivity index (χ4n) is 1.19. The van der Waals surface area contributed by atoms with Gasteiger partial charge in [-0.1, -0.05) is 11.3 Å². The molecule has 0 bridgehead atoms. The van der Waals surface area contributed by atoms with E-state index in [4.69, 9.17) is 16.3 Å². The third-order valence-electron chi connectivity index (χ3n) is 1.86. The first kappa shape index (κ1) is 9.82. The first-order chi connectivity index (χ1) is 6.75. The van der Waals surface area contributed by atoms with Crippen LogP contribution in [0.3, 0.4) is 0 Å². The molecule has 1 amide bonds. The van der Waals surface area contributed by atoms with Crippen molar-refractivity contribution in [1.82, 2.24) is 15.5 Å². The first-order valence-electron chi connectivity index (χ1n) is 4.13. The molecule has 1 aliphatic rings. The molecule has 0 spiro atoms. The summed E-state index contributed by atoms with van der Waals surface area (Å²) in [7, 11) is 0. The van der Waals surface area contributed by atoms with Gasteiger partial charge in [0.25, 0.3) is 5.91 Å². The summed E-state index contributed by atoms with van der Waals surface area (Å²) in [6, 6.07) is 0.0881. The summed E-state index contributed by atoms with van der Waals surface area (Å²) in [5.74, 6) is -0.232. The van der Waals surface area contributed by atoms with Crippen molar-refractivity contribution in [3.8, 4) is 0 Å². The standard InChI is InChI=1S/C7H8ClN3O2S/c8-7-11-10-6(14-7)5(12)9-4-1-2-13-3-4/h4H,1-3H2,(H,9,12). The summed E-state index contributed by atoms with van der Waals surface area (Å²) in [6.45, 7) is 1.26. The number of carbonyl (C=O) groups is 1. The topological polar surface area (TPSA) is 64.1 Å². The fourth-order valence-corrected chi connectivity index (χ4v) is 1.92. The zero-order valence-corrected chi connectivity index (χ0v) is 8.77. The van der Waals surface area contributed by atoms with Gasteiger partial charge in [-0.15, -0.1) is 10.2 Å². The van der Waals surface area contributed by atoms with E-state index in [1.807, 2.05) is 0 Å². The molecule has 1 unspecified atom stereocenters. The lowest BCUT2D eigenvalue weighted by atomic mass is 10.2. The largest absolute Gasteiger partial charge is 0.379 e. The Bertz CT molecular complexity index is 337. The molecule has 1 saturated heterocycles. The maximum absolute atomic E-state index is 11.5. The number of hydrogen-bond acceptors (Lipinski definition) is 5. The summed E-state index contributed by atoms with van der Waals surface area (Å²) < 4.78 is 5.40. The van der Waals surface area contributed by atoms with Gasteiger partial charge in [0.15, 0.2) is 0 Å². The molecule has 1 aromatic heterocycles. The third-order valence-corrected chi connectivity index (χ3v) is 2.88. The second-order valence-electron chi connectivity index (χ2n) is 2.89. The predicted molar refractivity (Wildman–Crippen MR) is 51.6 cm³/mol. The van der Waals surface area contributed by atoms with Crippen molar-refractivity contribution < 1.29 is 9.53 Å². The van der Waals surface area contributed by atoms with Crippen LogP contribution in [0.1, 0.15) is 16.2 Å². The van der Waals surface area contributed by atoms with E-state index in [1.165, 1.54) is 0 Å². The molecule has 14 heavy (non-hydrogen) atoms. The van der Waals surface area contributed by atoms with Crippen molar-refractivity contribution in [1.29, 1.82) is 0 Å². The van der Waals surface area contributed by atoms with Gasteiger partial charge in [0.2, 0.25) is 9.47 Å². The predicted octanol–water partition coefficient (Wildman–Crippen LogP) is 0.710. The number of aromatic nitrogens is 2. The van der Waals surface area contributed by atoms with Gasteiger partial charge in [-0.05, 0) is 18.0 Å². The quantitative estimate of drug-likeness (QED) is 0.817.